The van der Waals surface area contributed by atoms with Crippen molar-refractivity contribution >= 4 is 5.91 Å². The van der Waals surface area contributed by atoms with Crippen molar-refractivity contribution in [1.29, 1.82) is 0 Å². The second-order valence-electron chi connectivity index (χ2n) is 6.07. The zero-order valence-corrected chi connectivity index (χ0v) is 12.9. The van der Waals surface area contributed by atoms with E-state index in [0.29, 0.717) is 6.42 Å². The number of carbonyl (C=O) groups is 1. The fourth-order valence-electron chi connectivity index (χ4n) is 3.54. The molecule has 0 aliphatic carbocycles. The van der Waals surface area contributed by atoms with Crippen molar-refractivity contribution in [2.75, 3.05) is 0 Å². The number of nitrogens with one attached hydrogen (secondary N) is 2. The van der Waals surface area contributed by atoms with Gasteiger partial charge < -0.3 is 15.5 Å². The lowest BCUT2D eigenvalue weighted by atomic mass is 9.77. The quantitative estimate of drug-likeness (QED) is 0.878. The summed E-state index contributed by atoms with van der Waals surface area (Å²) in [6.07, 6.45) is 8.36. The molecule has 3 unspecified atom stereocenters. The van der Waals surface area contributed by atoms with E-state index in [1.54, 1.807) is 0 Å². The van der Waals surface area contributed by atoms with Gasteiger partial charge in [-0.25, -0.2) is 0 Å². The molecule has 1 saturated heterocycles. The Balaban J connectivity index is 1.71. The van der Waals surface area contributed by atoms with Crippen LogP contribution in [0.1, 0.15) is 13.3 Å². The van der Waals surface area contributed by atoms with Crippen LogP contribution in [0.5, 0.6) is 5.75 Å². The number of amides is 1. The Bertz CT molecular complexity index is 708. The summed E-state index contributed by atoms with van der Waals surface area (Å²) in [5.74, 6) is 1.05. The molecule has 0 bridgehead atoms. The maximum Gasteiger partial charge on any atom is 0.224 e. The van der Waals surface area contributed by atoms with Crippen molar-refractivity contribution in [3.63, 3.8) is 0 Å². The molecule has 0 radical (unpaired) electrons. The highest BCUT2D eigenvalue weighted by Gasteiger charge is 2.41. The largest absolute Gasteiger partial charge is 0.378 e. The van der Waals surface area contributed by atoms with Gasteiger partial charge in [0.1, 0.15) is 0 Å². The molecule has 1 fully saturated rings. The molecule has 5 nitrogen and oxygen atoms in total. The van der Waals surface area contributed by atoms with Gasteiger partial charge in [0.05, 0.1) is 6.42 Å². The zero-order chi connectivity index (χ0) is 15.8. The standard InChI is InChI=1S/C18H19N3O2/c1-12-17-13(10-16(22)20-12)11-21(18-15(17)8-5-9-19-18)23-14-6-3-2-4-7-14/h2-9,11-12,17-19H,10H2,1H3,(H,20,22). The Hall–Kier alpha value is -2.69. The van der Waals surface area contributed by atoms with Crippen molar-refractivity contribution < 1.29 is 9.63 Å². The molecular formula is C18H19N3O2. The lowest BCUT2D eigenvalue weighted by molar-refractivity contribution is -0.123. The van der Waals surface area contributed by atoms with Gasteiger partial charge in [-0.3, -0.25) is 4.79 Å². The van der Waals surface area contributed by atoms with Gasteiger partial charge in [0.25, 0.3) is 0 Å². The lowest BCUT2D eigenvalue weighted by Crippen LogP contribution is -2.55. The number of carbonyl (C=O) groups excluding carboxylic acids is 1. The number of benzene rings is 1. The van der Waals surface area contributed by atoms with Crippen molar-refractivity contribution in [2.45, 2.75) is 25.6 Å². The molecule has 2 N–H and O–H groups in total. The van der Waals surface area contributed by atoms with Crippen molar-refractivity contribution in [3.05, 3.63) is 66.0 Å². The van der Waals surface area contributed by atoms with E-state index in [9.17, 15) is 4.79 Å². The first kappa shape index (κ1) is 13.9. The summed E-state index contributed by atoms with van der Waals surface area (Å²) in [6.45, 7) is 2.06. The summed E-state index contributed by atoms with van der Waals surface area (Å²) in [4.78, 5) is 17.9. The van der Waals surface area contributed by atoms with Crippen LogP contribution in [0.3, 0.4) is 0 Å². The highest BCUT2D eigenvalue weighted by atomic mass is 16.7. The van der Waals surface area contributed by atoms with Gasteiger partial charge in [-0.1, -0.05) is 24.3 Å². The molecule has 0 saturated carbocycles. The third kappa shape index (κ3) is 2.48. The SMILES string of the molecule is CC1NC(=O)CC2=CN(Oc3ccccc3)C3NC=CC=C3C21. The second kappa shape index (κ2) is 5.50. The number of hydrogen-bond donors (Lipinski definition) is 2. The van der Waals surface area contributed by atoms with E-state index >= 15 is 0 Å². The van der Waals surface area contributed by atoms with Gasteiger partial charge in [0.2, 0.25) is 5.91 Å². The van der Waals surface area contributed by atoms with Gasteiger partial charge in [-0.15, -0.1) is 0 Å². The molecule has 1 aromatic rings. The molecule has 1 aromatic carbocycles. The monoisotopic (exact) mass is 309 g/mol. The van der Waals surface area contributed by atoms with Crippen LogP contribution in [0, 0.1) is 5.92 Å². The number of nitrogens with zero attached hydrogens (tertiary/aromatic N) is 1. The van der Waals surface area contributed by atoms with Crippen LogP contribution in [0.4, 0.5) is 0 Å². The Kier molecular flexibility index (Phi) is 3.33. The molecule has 23 heavy (non-hydrogen) atoms. The molecule has 118 valence electrons. The normalized spacial score (nSPS) is 28.7. The van der Waals surface area contributed by atoms with Crippen molar-refractivity contribution in [2.24, 2.45) is 5.92 Å². The van der Waals surface area contributed by atoms with Crippen LogP contribution in [-0.4, -0.2) is 23.2 Å². The Morgan fingerprint density at radius 2 is 2.09 bits per heavy atom. The minimum Gasteiger partial charge on any atom is -0.378 e. The number of para-hydroxylation sites is 1. The number of allylic oxidation sites excluding steroid dienone is 2. The molecular weight excluding hydrogens is 290 g/mol. The Morgan fingerprint density at radius 1 is 1.26 bits per heavy atom. The molecule has 3 heterocycles. The topological polar surface area (TPSA) is 53.6 Å². The summed E-state index contributed by atoms with van der Waals surface area (Å²) >= 11 is 0. The summed E-state index contributed by atoms with van der Waals surface area (Å²) in [5.41, 5.74) is 2.31. The summed E-state index contributed by atoms with van der Waals surface area (Å²) in [6, 6.07) is 9.76. The van der Waals surface area contributed by atoms with Gasteiger partial charge in [-0.05, 0) is 42.5 Å². The van der Waals surface area contributed by atoms with Gasteiger partial charge in [-0.2, -0.15) is 5.06 Å². The summed E-state index contributed by atoms with van der Waals surface area (Å²) in [5, 5.41) is 8.20. The van der Waals surface area contributed by atoms with E-state index in [1.807, 2.05) is 53.9 Å². The smallest absolute Gasteiger partial charge is 0.224 e. The van der Waals surface area contributed by atoms with Crippen molar-refractivity contribution in [3.8, 4) is 5.75 Å². The molecule has 3 aliphatic rings. The van der Waals surface area contributed by atoms with Gasteiger partial charge in [0.15, 0.2) is 11.9 Å². The van der Waals surface area contributed by atoms with Crippen LogP contribution >= 0.6 is 0 Å². The number of rotatable bonds is 2. The van der Waals surface area contributed by atoms with Crippen LogP contribution in [0.15, 0.2) is 66.0 Å². The Labute approximate surface area is 135 Å². The third-order valence-corrected chi connectivity index (χ3v) is 4.47. The van der Waals surface area contributed by atoms with E-state index in [-0.39, 0.29) is 24.0 Å². The van der Waals surface area contributed by atoms with E-state index in [4.69, 9.17) is 4.84 Å². The first-order chi connectivity index (χ1) is 11.2. The minimum atomic E-state index is -0.0635. The molecule has 1 amide bonds. The van der Waals surface area contributed by atoms with Gasteiger partial charge in [0, 0.05) is 18.2 Å². The summed E-state index contributed by atoms with van der Waals surface area (Å²) in [7, 11) is 0. The molecule has 4 rings (SSSR count). The van der Waals surface area contributed by atoms with E-state index in [2.05, 4.69) is 23.6 Å². The van der Waals surface area contributed by atoms with Crippen molar-refractivity contribution in [1.82, 2.24) is 15.7 Å². The fourth-order valence-corrected chi connectivity index (χ4v) is 3.54. The number of piperidine rings is 1. The number of hydroxylamine groups is 2. The van der Waals surface area contributed by atoms with Crippen LogP contribution in [-0.2, 0) is 4.79 Å². The second-order valence-corrected chi connectivity index (χ2v) is 6.07. The first-order valence-electron chi connectivity index (χ1n) is 7.86. The average Bonchev–Trinajstić information content (AvgIpc) is 2.55. The van der Waals surface area contributed by atoms with Crippen LogP contribution < -0.4 is 15.5 Å². The van der Waals surface area contributed by atoms with Crippen LogP contribution in [0.2, 0.25) is 0 Å². The van der Waals surface area contributed by atoms with Gasteiger partial charge >= 0.3 is 0 Å². The first-order valence-corrected chi connectivity index (χ1v) is 7.86. The molecule has 0 spiro atoms. The predicted molar refractivity (Wildman–Crippen MR) is 86.9 cm³/mol. The fraction of sp³-hybridized carbons (Fsp3) is 0.278. The van der Waals surface area contributed by atoms with Crippen LogP contribution in [0.25, 0.3) is 0 Å². The maximum atomic E-state index is 11.9. The molecule has 5 heteroatoms. The zero-order valence-electron chi connectivity index (χ0n) is 12.9. The molecule has 3 aliphatic heterocycles. The number of fused-ring (bicyclic) bond motifs is 3. The molecule has 3 atom stereocenters. The highest BCUT2D eigenvalue weighted by molar-refractivity contribution is 5.81. The predicted octanol–water partition coefficient (Wildman–Crippen LogP) is 2.07. The number of hydrogen-bond acceptors (Lipinski definition) is 4. The lowest BCUT2D eigenvalue weighted by Gasteiger charge is -2.45. The van der Waals surface area contributed by atoms with E-state index < -0.39 is 0 Å². The van der Waals surface area contributed by atoms with E-state index in [1.165, 1.54) is 5.57 Å². The Morgan fingerprint density at radius 3 is 2.91 bits per heavy atom. The highest BCUT2D eigenvalue weighted by Crippen LogP contribution is 2.38. The summed E-state index contributed by atoms with van der Waals surface area (Å²) < 4.78 is 0. The number of dihydropyridines is 1. The maximum absolute atomic E-state index is 11.9. The molecule has 0 aromatic heterocycles. The average molecular weight is 309 g/mol. The van der Waals surface area contributed by atoms with E-state index in [0.717, 1.165) is 11.3 Å². The minimum absolute atomic E-state index is 0.0635. The third-order valence-electron chi connectivity index (χ3n) is 4.47.